The van der Waals surface area contributed by atoms with Crippen LogP contribution in [-0.4, -0.2) is 43.7 Å². The van der Waals surface area contributed by atoms with Crippen molar-refractivity contribution in [1.82, 2.24) is 24.6 Å². The first kappa shape index (κ1) is 18.8. The maximum absolute atomic E-state index is 14.0. The summed E-state index contributed by atoms with van der Waals surface area (Å²) >= 11 is 0. The predicted molar refractivity (Wildman–Crippen MR) is 107 cm³/mol. The van der Waals surface area contributed by atoms with Crippen molar-refractivity contribution in [2.45, 2.75) is 45.6 Å². The Morgan fingerprint density at radius 1 is 1.23 bits per heavy atom. The first-order chi connectivity index (χ1) is 14.5. The quantitative estimate of drug-likeness (QED) is 0.659. The number of fused-ring (bicyclic) bond motifs is 3. The van der Waals surface area contributed by atoms with Crippen LogP contribution in [-0.2, 0) is 13.0 Å². The third-order valence-corrected chi connectivity index (χ3v) is 5.66. The van der Waals surface area contributed by atoms with Crippen molar-refractivity contribution in [3.63, 3.8) is 0 Å². The van der Waals surface area contributed by atoms with Gasteiger partial charge in [0.25, 0.3) is 0 Å². The van der Waals surface area contributed by atoms with Crippen LogP contribution in [0.2, 0.25) is 0 Å². The molecule has 156 valence electrons. The van der Waals surface area contributed by atoms with Crippen LogP contribution in [0.25, 0.3) is 5.69 Å². The normalized spacial score (nSPS) is 15.6. The predicted octanol–water partition coefficient (Wildman–Crippen LogP) is 3.64. The zero-order valence-electron chi connectivity index (χ0n) is 17.0. The van der Waals surface area contributed by atoms with E-state index in [9.17, 15) is 9.18 Å². The molecule has 1 saturated heterocycles. The summed E-state index contributed by atoms with van der Waals surface area (Å²) in [6.45, 7) is 5.76. The van der Waals surface area contributed by atoms with Crippen LogP contribution in [0.3, 0.4) is 0 Å². The summed E-state index contributed by atoms with van der Waals surface area (Å²) < 4.78 is 21.3. The molecule has 0 spiro atoms. The molecule has 2 amide bonds. The maximum Gasteiger partial charge on any atom is 0.324 e. The lowest BCUT2D eigenvalue weighted by molar-refractivity contribution is 0.214. The Kier molecular flexibility index (Phi) is 4.52. The molecule has 0 bridgehead atoms. The number of carbonyl (C=O) groups is 1. The van der Waals surface area contributed by atoms with Gasteiger partial charge in [-0.25, -0.2) is 14.2 Å². The van der Waals surface area contributed by atoms with Gasteiger partial charge in [-0.2, -0.15) is 4.98 Å². The highest BCUT2D eigenvalue weighted by molar-refractivity contribution is 5.95. The highest BCUT2D eigenvalue weighted by Crippen LogP contribution is 2.35. The van der Waals surface area contributed by atoms with Gasteiger partial charge in [0.2, 0.25) is 5.89 Å². The van der Waals surface area contributed by atoms with Gasteiger partial charge in [-0.1, -0.05) is 19.0 Å². The van der Waals surface area contributed by atoms with Crippen LogP contribution in [0.4, 0.5) is 14.9 Å². The van der Waals surface area contributed by atoms with Gasteiger partial charge < -0.3 is 9.42 Å². The Labute approximate surface area is 173 Å². The molecule has 0 N–H and O–H groups in total. The lowest BCUT2D eigenvalue weighted by Crippen LogP contribution is -2.44. The average molecular weight is 410 g/mol. The highest BCUT2D eigenvalue weighted by atomic mass is 19.1. The van der Waals surface area contributed by atoms with Gasteiger partial charge in [-0.15, -0.1) is 0 Å². The van der Waals surface area contributed by atoms with E-state index >= 15 is 0 Å². The molecule has 0 aliphatic carbocycles. The molecule has 5 rings (SSSR count). The maximum atomic E-state index is 14.0. The number of nitrogens with zero attached hydrogens (tertiary/aromatic N) is 6. The van der Waals surface area contributed by atoms with Crippen molar-refractivity contribution in [2.24, 2.45) is 0 Å². The average Bonchev–Trinajstić information content (AvgIpc) is 3.48. The molecule has 30 heavy (non-hydrogen) atoms. The van der Waals surface area contributed by atoms with Crippen LogP contribution in [0.1, 0.15) is 55.7 Å². The summed E-state index contributed by atoms with van der Waals surface area (Å²) in [6.07, 6.45) is 4.10. The number of hydrogen-bond donors (Lipinski definition) is 0. The second-order valence-corrected chi connectivity index (χ2v) is 8.08. The van der Waals surface area contributed by atoms with Gasteiger partial charge >= 0.3 is 6.03 Å². The first-order valence-electron chi connectivity index (χ1n) is 10.2. The van der Waals surface area contributed by atoms with E-state index in [2.05, 4.69) is 15.1 Å². The number of amides is 2. The first-order valence-corrected chi connectivity index (χ1v) is 10.2. The molecule has 1 aromatic carbocycles. The van der Waals surface area contributed by atoms with Crippen LogP contribution in [0, 0.1) is 5.82 Å². The number of carbonyl (C=O) groups excluding carboxylic acids is 1. The summed E-state index contributed by atoms with van der Waals surface area (Å²) in [5.41, 5.74) is 2.95. The van der Waals surface area contributed by atoms with Crippen LogP contribution < -0.4 is 4.90 Å². The Balaban J connectivity index is 1.52. The fourth-order valence-corrected chi connectivity index (χ4v) is 4.06. The Bertz CT molecular complexity index is 1100. The molecule has 0 saturated carbocycles. The topological polar surface area (TPSA) is 80.3 Å². The van der Waals surface area contributed by atoms with Crippen molar-refractivity contribution in [2.75, 3.05) is 18.0 Å². The molecule has 4 heterocycles. The smallest absolute Gasteiger partial charge is 0.324 e. The largest absolute Gasteiger partial charge is 0.339 e. The molecule has 8 nitrogen and oxygen atoms in total. The summed E-state index contributed by atoms with van der Waals surface area (Å²) in [4.78, 5) is 25.7. The number of urea groups is 1. The van der Waals surface area contributed by atoms with Crippen molar-refractivity contribution < 1.29 is 13.7 Å². The lowest BCUT2D eigenvalue weighted by Gasteiger charge is -2.33. The van der Waals surface area contributed by atoms with Gasteiger partial charge in [-0.3, -0.25) is 9.47 Å². The van der Waals surface area contributed by atoms with E-state index in [1.807, 2.05) is 23.3 Å². The van der Waals surface area contributed by atoms with Crippen molar-refractivity contribution in [1.29, 1.82) is 0 Å². The molecule has 1 fully saturated rings. The fraction of sp³-hybridized carbons (Fsp3) is 0.429. The van der Waals surface area contributed by atoms with E-state index < -0.39 is 0 Å². The molecular weight excluding hydrogens is 387 g/mol. The SMILES string of the molecule is CC(C)c1nc(Cc2ncn3c2CN(C(=O)N2CCCC2)c2cc(F)ccc2-3)no1. The molecule has 0 atom stereocenters. The number of benzene rings is 1. The molecular formula is C21H23FN6O2. The summed E-state index contributed by atoms with van der Waals surface area (Å²) in [7, 11) is 0. The molecule has 0 unspecified atom stereocenters. The Morgan fingerprint density at radius 3 is 2.77 bits per heavy atom. The summed E-state index contributed by atoms with van der Waals surface area (Å²) in [5.74, 6) is 0.925. The number of anilines is 1. The number of aromatic nitrogens is 4. The number of rotatable bonds is 3. The number of likely N-dealkylation sites (tertiary alicyclic amines) is 1. The minimum absolute atomic E-state index is 0.0978. The Hall–Kier alpha value is -3.23. The lowest BCUT2D eigenvalue weighted by atomic mass is 10.1. The molecule has 2 aliphatic heterocycles. The minimum Gasteiger partial charge on any atom is -0.339 e. The van der Waals surface area contributed by atoms with Crippen LogP contribution in [0.5, 0.6) is 0 Å². The standard InChI is InChI=1S/C21H23FN6O2/c1-13(2)20-24-19(25-30-20)10-15-18-11-27(21(29)26-7-3-4-8-26)17-9-14(22)5-6-16(17)28(18)12-23-15/h5-6,9,12-13H,3-4,7-8,10-11H2,1-2H3. The van der Waals surface area contributed by atoms with E-state index in [0.717, 1.165) is 43.0 Å². The molecule has 2 aromatic heterocycles. The zero-order valence-corrected chi connectivity index (χ0v) is 17.0. The number of imidazole rings is 1. The van der Waals surface area contributed by atoms with Crippen LogP contribution >= 0.6 is 0 Å². The van der Waals surface area contributed by atoms with Crippen LogP contribution in [0.15, 0.2) is 29.0 Å². The van der Waals surface area contributed by atoms with E-state index in [4.69, 9.17) is 4.52 Å². The molecule has 9 heteroatoms. The molecule has 2 aliphatic rings. The van der Waals surface area contributed by atoms with Gasteiger partial charge in [0.1, 0.15) is 5.82 Å². The van der Waals surface area contributed by atoms with E-state index in [0.29, 0.717) is 30.4 Å². The van der Waals surface area contributed by atoms with E-state index in [1.54, 1.807) is 17.3 Å². The third kappa shape index (κ3) is 3.14. The summed E-state index contributed by atoms with van der Waals surface area (Å²) in [5, 5.41) is 4.06. The van der Waals surface area contributed by atoms with Crippen molar-refractivity contribution >= 4 is 11.7 Å². The molecule has 0 radical (unpaired) electrons. The summed E-state index contributed by atoms with van der Waals surface area (Å²) in [6, 6.07) is 4.41. The highest BCUT2D eigenvalue weighted by Gasteiger charge is 2.33. The number of hydrogen-bond acceptors (Lipinski definition) is 5. The van der Waals surface area contributed by atoms with Crippen molar-refractivity contribution in [3.05, 3.63) is 53.4 Å². The Morgan fingerprint density at radius 2 is 2.03 bits per heavy atom. The number of halogens is 1. The third-order valence-electron chi connectivity index (χ3n) is 5.66. The second-order valence-electron chi connectivity index (χ2n) is 8.08. The molecule has 3 aromatic rings. The van der Waals surface area contributed by atoms with Gasteiger partial charge in [-0.05, 0) is 31.0 Å². The zero-order chi connectivity index (χ0) is 20.8. The minimum atomic E-state index is -0.371. The van der Waals surface area contributed by atoms with Gasteiger partial charge in [0.15, 0.2) is 5.82 Å². The van der Waals surface area contributed by atoms with Gasteiger partial charge in [0.05, 0.1) is 42.1 Å². The second kappa shape index (κ2) is 7.23. The monoisotopic (exact) mass is 410 g/mol. The van der Waals surface area contributed by atoms with E-state index in [-0.39, 0.29) is 17.8 Å². The van der Waals surface area contributed by atoms with Crippen molar-refractivity contribution in [3.8, 4) is 5.69 Å². The van der Waals surface area contributed by atoms with Gasteiger partial charge in [0, 0.05) is 19.0 Å². The van der Waals surface area contributed by atoms with E-state index in [1.165, 1.54) is 12.1 Å². The fourth-order valence-electron chi connectivity index (χ4n) is 4.06.